The Labute approximate surface area is 758 Å². The summed E-state index contributed by atoms with van der Waals surface area (Å²) in [4.78, 5) is 109. The zero-order valence-corrected chi connectivity index (χ0v) is 72.2. The van der Waals surface area contributed by atoms with Crippen molar-refractivity contribution in [1.29, 1.82) is 0 Å². The van der Waals surface area contributed by atoms with E-state index in [1.54, 1.807) is 114 Å². The molecule has 44 heteroatoms. The van der Waals surface area contributed by atoms with Crippen LogP contribution in [0.15, 0.2) is 338 Å². The van der Waals surface area contributed by atoms with Crippen molar-refractivity contribution in [3.05, 3.63) is 362 Å². The van der Waals surface area contributed by atoms with Crippen LogP contribution < -0.4 is 62.1 Å². The molecule has 0 radical (unpaired) electrons. The van der Waals surface area contributed by atoms with E-state index in [2.05, 4.69) is 79.8 Å². The number of ether oxygens (including phenoxy) is 1. The summed E-state index contributed by atoms with van der Waals surface area (Å²) in [7, 11) is 1.61. The highest BCUT2D eigenvalue weighted by Crippen LogP contribution is 2.34. The van der Waals surface area contributed by atoms with E-state index >= 15 is 0 Å². The van der Waals surface area contributed by atoms with E-state index in [0.29, 0.717) is 76.4 Å². The van der Waals surface area contributed by atoms with Crippen LogP contribution in [-0.4, -0.2) is 116 Å². The molecule has 0 amide bonds. The van der Waals surface area contributed by atoms with E-state index in [9.17, 15) is 40.5 Å². The Morgan fingerprint density at radius 2 is 0.569 bits per heavy atom. The van der Waals surface area contributed by atoms with Gasteiger partial charge in [0.25, 0.3) is 22.7 Å². The fraction of sp³-hybridized carbons (Fsp3) is 0.0233. The first-order valence-electron chi connectivity index (χ1n) is 37.6. The number of aromatic nitrogens is 6. The number of aliphatic imine (C=N–C) groups is 10. The van der Waals surface area contributed by atoms with Gasteiger partial charge in [-0.1, -0.05) is 169 Å². The predicted octanol–water partition coefficient (Wildman–Crippen LogP) is 15.2. The number of hydrogen-bond donors (Lipinski definition) is 10. The number of thiazole rings is 5. The molecular formula is C86H74N30O9S5. The summed E-state index contributed by atoms with van der Waals surface area (Å²) in [5.41, 5.74) is 69.9. The maximum Gasteiger partial charge on any atom is 0.270 e. The summed E-state index contributed by atoms with van der Waals surface area (Å²) in [6, 6.07) is 73.2. The number of non-ortho nitro benzene ring substituents is 4. The van der Waals surface area contributed by atoms with Gasteiger partial charge in [-0.25, -0.2) is 24.9 Å². The summed E-state index contributed by atoms with van der Waals surface area (Å²) in [5.74, 6) is 1.86. The van der Waals surface area contributed by atoms with Crippen molar-refractivity contribution in [1.82, 2.24) is 29.9 Å². The van der Waals surface area contributed by atoms with Crippen molar-refractivity contribution in [2.45, 2.75) is 6.92 Å². The maximum absolute atomic E-state index is 10.9. The van der Waals surface area contributed by atoms with Crippen LogP contribution in [0.5, 0.6) is 5.75 Å². The molecule has 0 unspecified atom stereocenters. The van der Waals surface area contributed by atoms with Gasteiger partial charge in [0.05, 0.1) is 55.3 Å². The average Bonchev–Trinajstić information content (AvgIpc) is 1.72. The van der Waals surface area contributed by atoms with Gasteiger partial charge in [0.15, 0.2) is 5.84 Å². The summed E-state index contributed by atoms with van der Waals surface area (Å²) in [6.45, 7) is 1.96. The highest BCUT2D eigenvalue weighted by Gasteiger charge is 2.17. The molecule has 15 rings (SSSR count). The first kappa shape index (κ1) is 93.1. The summed E-state index contributed by atoms with van der Waals surface area (Å²) in [5, 5.41) is 54.5. The molecule has 0 spiro atoms. The Bertz CT molecular complexity index is 6450. The standard InChI is InChI=1S/C18H16N6O2S.C18H17N5OS.2C17H14N6O2S.C16H13N7O2S/c1-11-4-2-6-13(8-11)16(19)22-17(20)23-18-21-15(10-27-18)12-5-3-7-14(9-12)24(25)26;1-24-14-9-7-13(8-10-14)16(19)22-17(20)23-18-21-15(11-25-18)12-5-3-2-4-6-12;2*18-15(11-5-2-1-3-6-11)21-16(19)22-17-20-14(10-26-17)12-7-4-8-13(9-12)23(24)25;17-14(12-6-1-2-7-19-12)21-15(18)22-16-20-13(9-26-16)10-4-3-5-11(8-10)23(24)25/h2-10H,1H3,(H4,19,20,21,22,23);2-11H,1H3,(H4,19,20,21,22,23);2*1-10H,(H4,18,19,20,21,22);1-9H,(H4,17,18,20,21,22). The van der Waals surface area contributed by atoms with Crippen molar-refractivity contribution in [2.75, 3.05) is 7.11 Å². The maximum atomic E-state index is 10.9. The molecule has 9 aromatic carbocycles. The zero-order valence-electron chi connectivity index (χ0n) is 68.1. The number of methoxy groups -OCH3 is 1. The number of guanidine groups is 5. The molecule has 652 valence electrons. The number of benzene rings is 9. The molecule has 0 saturated carbocycles. The molecule has 0 aliphatic heterocycles. The van der Waals surface area contributed by atoms with Crippen LogP contribution in [0, 0.1) is 47.4 Å². The third-order valence-corrected chi connectivity index (χ3v) is 20.6. The quantitative estimate of drug-likeness (QED) is 0.0147. The second-order valence-corrected chi connectivity index (χ2v) is 30.2. The van der Waals surface area contributed by atoms with Crippen LogP contribution >= 0.6 is 56.7 Å². The largest absolute Gasteiger partial charge is 0.497 e. The highest BCUT2D eigenvalue weighted by atomic mass is 32.1. The van der Waals surface area contributed by atoms with E-state index in [0.717, 1.165) is 44.8 Å². The van der Waals surface area contributed by atoms with Gasteiger partial charge in [-0.3, -0.25) is 45.4 Å². The van der Waals surface area contributed by atoms with Crippen molar-refractivity contribution in [3.8, 4) is 62.0 Å². The minimum absolute atomic E-state index is 0.000278. The number of nitro benzene ring substituents is 4. The smallest absolute Gasteiger partial charge is 0.270 e. The van der Waals surface area contributed by atoms with E-state index in [1.807, 2.05) is 140 Å². The lowest BCUT2D eigenvalue weighted by Gasteiger charge is -2.02. The van der Waals surface area contributed by atoms with Gasteiger partial charge < -0.3 is 62.1 Å². The van der Waals surface area contributed by atoms with Crippen molar-refractivity contribution in [3.63, 3.8) is 0 Å². The minimum Gasteiger partial charge on any atom is -0.497 e. The molecular weight excluding hydrogens is 1760 g/mol. The Balaban J connectivity index is 0.000000157. The van der Waals surface area contributed by atoms with Crippen LogP contribution in [0.3, 0.4) is 0 Å². The fourth-order valence-electron chi connectivity index (χ4n) is 10.8. The van der Waals surface area contributed by atoms with Gasteiger partial charge in [0, 0.05) is 132 Å². The van der Waals surface area contributed by atoms with Crippen molar-refractivity contribution >= 4 is 164 Å². The highest BCUT2D eigenvalue weighted by molar-refractivity contribution is 7.15. The number of pyridine rings is 1. The zero-order chi connectivity index (χ0) is 92.6. The monoisotopic (exact) mass is 1830 g/mol. The lowest BCUT2D eigenvalue weighted by molar-refractivity contribution is -0.385. The normalized spacial score (nSPS) is 12.2. The lowest BCUT2D eigenvalue weighted by atomic mass is 10.1. The van der Waals surface area contributed by atoms with E-state index in [-0.39, 0.29) is 81.7 Å². The van der Waals surface area contributed by atoms with Gasteiger partial charge in [-0.05, 0) is 49.4 Å². The number of aryl methyl sites for hydroxylation is 1. The minimum atomic E-state index is -0.456. The molecule has 6 heterocycles. The van der Waals surface area contributed by atoms with Crippen LogP contribution in [0.4, 0.5) is 48.4 Å². The molecule has 6 aromatic heterocycles. The van der Waals surface area contributed by atoms with Crippen LogP contribution in [0.1, 0.15) is 33.5 Å². The molecule has 15 aromatic rings. The Kier molecular flexibility index (Phi) is 32.7. The molecule has 20 N–H and O–H groups in total. The Morgan fingerprint density at radius 3 is 0.869 bits per heavy atom. The number of nitrogens with zero attached hydrogens (tertiary/aromatic N) is 20. The number of nitrogens with two attached hydrogens (primary N) is 10. The fourth-order valence-corrected chi connectivity index (χ4v) is 14.3. The molecule has 0 atom stereocenters. The number of amidine groups is 5. The van der Waals surface area contributed by atoms with E-state index < -0.39 is 19.7 Å². The molecule has 0 fully saturated rings. The van der Waals surface area contributed by atoms with Crippen LogP contribution in [0.2, 0.25) is 0 Å². The second-order valence-electron chi connectivity index (χ2n) is 26.1. The summed E-state index contributed by atoms with van der Waals surface area (Å²) < 4.78 is 5.11. The van der Waals surface area contributed by atoms with Crippen LogP contribution in [0.25, 0.3) is 56.3 Å². The first-order valence-corrected chi connectivity index (χ1v) is 42.0. The van der Waals surface area contributed by atoms with Gasteiger partial charge >= 0.3 is 0 Å². The predicted molar refractivity (Wildman–Crippen MR) is 516 cm³/mol. The lowest BCUT2D eigenvalue weighted by Crippen LogP contribution is -2.20. The third-order valence-electron chi connectivity index (χ3n) is 16.9. The van der Waals surface area contributed by atoms with Gasteiger partial charge in [-0.2, -0.15) is 49.9 Å². The molecule has 130 heavy (non-hydrogen) atoms. The third kappa shape index (κ3) is 27.9. The molecule has 0 aliphatic carbocycles. The Morgan fingerprint density at radius 1 is 0.300 bits per heavy atom. The second kappa shape index (κ2) is 45.7. The first-order chi connectivity index (χ1) is 62.6. The van der Waals surface area contributed by atoms with Gasteiger partial charge in [0.2, 0.25) is 55.5 Å². The SMILES string of the molecule is COc1ccc(C(N)=NC(N)=Nc2nc(-c3ccccc3)cs2)cc1.Cc1cccc(C(N)=NC(N)=Nc2nc(-c3cccc([N+](=O)[O-])c3)cs2)c1.NC(=Nc1nc(-c2cccc([N+](=O)[O-])c2)cs1)N=C(N)c1ccccc1.NC(=Nc1nc(-c2cccc([N+](=O)[O-])c2)cs1)N=C(N)c1ccccc1.NC(=Nc1nc(-c2cccc([N+](=O)[O-])c2)cs1)N=C(N)c1ccccn1. The topological polar surface area (TPSA) is 643 Å². The molecule has 0 saturated heterocycles. The van der Waals surface area contributed by atoms with Gasteiger partial charge in [-0.15, -0.1) is 56.7 Å². The van der Waals surface area contributed by atoms with Crippen molar-refractivity contribution < 1.29 is 24.4 Å². The van der Waals surface area contributed by atoms with E-state index in [4.69, 9.17) is 62.1 Å². The molecule has 0 bridgehead atoms. The number of rotatable bonds is 20. The summed E-state index contributed by atoms with van der Waals surface area (Å²) in [6.07, 6.45) is 1.59. The van der Waals surface area contributed by atoms with E-state index in [1.165, 1.54) is 105 Å². The Hall–Kier alpha value is -17.6. The number of hydrogen-bond acceptors (Lipinski definition) is 25. The summed E-state index contributed by atoms with van der Waals surface area (Å²) >= 11 is 6.39. The van der Waals surface area contributed by atoms with Crippen molar-refractivity contribution in [2.24, 2.45) is 107 Å². The number of nitro groups is 4. The average molecular weight is 1830 g/mol. The molecule has 39 nitrogen and oxygen atoms in total. The van der Waals surface area contributed by atoms with Gasteiger partial charge in [0.1, 0.15) is 34.8 Å². The molecule has 0 aliphatic rings. The van der Waals surface area contributed by atoms with Crippen LogP contribution in [-0.2, 0) is 0 Å².